The number of benzene rings is 4. The van der Waals surface area contributed by atoms with E-state index in [1.54, 1.807) is 73.0 Å². The summed E-state index contributed by atoms with van der Waals surface area (Å²) in [6.07, 6.45) is 1.17. The molecule has 0 unspecified atom stereocenters. The van der Waals surface area contributed by atoms with E-state index in [1.807, 2.05) is 13.8 Å². The molecule has 3 N–H and O–H groups in total. The van der Waals surface area contributed by atoms with E-state index in [-0.39, 0.29) is 63.1 Å². The van der Waals surface area contributed by atoms with Crippen LogP contribution in [-0.4, -0.2) is 124 Å². The zero-order valence-electron chi connectivity index (χ0n) is 38.7. The Hall–Kier alpha value is -7.03. The first-order valence-electron chi connectivity index (χ1n) is 21.7. The number of ether oxygens (including phenoxy) is 5. The topological polar surface area (TPSA) is 195 Å². The van der Waals surface area contributed by atoms with E-state index in [4.69, 9.17) is 46.9 Å². The van der Waals surface area contributed by atoms with Gasteiger partial charge in [0.1, 0.15) is 29.9 Å². The number of rotatable bonds is 8. The number of nitrogens with one attached hydrogen (secondary N) is 3. The molecule has 6 aromatic rings. The lowest BCUT2D eigenvalue weighted by molar-refractivity contribution is 0.00781. The van der Waals surface area contributed by atoms with Gasteiger partial charge in [0.05, 0.1) is 52.7 Å². The molecule has 0 radical (unpaired) electrons. The van der Waals surface area contributed by atoms with E-state index in [2.05, 4.69) is 35.9 Å². The predicted molar refractivity (Wildman–Crippen MR) is 257 cm³/mol. The number of hydrogen-bond acceptors (Lipinski definition) is 15. The first kappa shape index (κ1) is 49.9. The summed E-state index contributed by atoms with van der Waals surface area (Å²) >= 11 is 11.8. The highest BCUT2D eigenvalue weighted by Crippen LogP contribution is 2.38. The van der Waals surface area contributed by atoms with Gasteiger partial charge in [-0.15, -0.1) is 0 Å². The Bertz CT molecular complexity index is 2880. The van der Waals surface area contributed by atoms with Crippen molar-refractivity contribution >= 4 is 86.3 Å². The third-order valence-corrected chi connectivity index (χ3v) is 11.5. The number of carbonyl (C=O) groups excluding carboxylic acids is 3. The molecular weight excluding hydrogens is 941 g/mol. The Morgan fingerprint density at radius 1 is 0.681 bits per heavy atom. The van der Waals surface area contributed by atoms with Crippen molar-refractivity contribution in [3.63, 3.8) is 0 Å². The molecule has 2 atom stereocenters. The molecule has 3 amide bonds. The average Bonchev–Trinajstić information content (AvgIpc) is 3.31. The predicted octanol–water partition coefficient (Wildman–Crippen LogP) is 9.58. The van der Waals surface area contributed by atoms with Crippen molar-refractivity contribution < 1.29 is 46.8 Å². The molecule has 2 aliphatic heterocycles. The Morgan fingerprint density at radius 3 is 1.62 bits per heavy atom. The summed E-state index contributed by atoms with van der Waals surface area (Å²) in [5.41, 5.74) is 0.701. The van der Waals surface area contributed by atoms with Gasteiger partial charge in [0.25, 0.3) is 0 Å². The molecule has 18 nitrogen and oxygen atoms in total. The van der Waals surface area contributed by atoms with Gasteiger partial charge in [0.15, 0.2) is 34.6 Å². The third kappa shape index (κ3) is 11.8. The van der Waals surface area contributed by atoms with Crippen LogP contribution in [0.2, 0.25) is 10.0 Å². The molecule has 0 saturated carbocycles. The Labute approximate surface area is 406 Å². The quantitative estimate of drug-likeness (QED) is 0.130. The van der Waals surface area contributed by atoms with Gasteiger partial charge in [0, 0.05) is 68.2 Å². The lowest BCUT2D eigenvalue weighted by atomic mass is 10.2. The van der Waals surface area contributed by atoms with Crippen molar-refractivity contribution in [2.75, 3.05) is 64.1 Å². The maximum atomic E-state index is 14.5. The SMILES string of the molecule is COc1cc2ncnc(Nc3cccc(Cl)c3F)c2cc1OC(=O)N1CCN(C(=O)OC(C)(C)C)C[C@H]1C.COc1cc2ncnc(Nc3cccc(Cl)c3F)c2cc1OC(=O)N1CCNC[C@H]1C. The molecule has 0 bridgehead atoms. The zero-order valence-corrected chi connectivity index (χ0v) is 40.2. The standard InChI is InChI=1S/C26H29ClFN5O5.C21H21ClFN5O3/c1-15-13-32(24(34)38-26(2,3)4)9-10-33(15)25(35)37-21-11-16-19(12-20(21)36-5)29-14-30-23(16)31-18-8-6-7-17(27)22(18)28;1-12-10-24-6-7-28(12)21(29)31-18-8-13-16(9-17(18)30-2)25-11-26-20(13)27-15-5-3-4-14(22)19(15)23/h6-8,11-12,14-15H,9-10,13H2,1-5H3,(H,29,30,31);3-5,8-9,11-12,24H,6-7,10H2,1-2H3,(H,25,26,27)/t15-;12-/m11/s1. The van der Waals surface area contributed by atoms with E-state index >= 15 is 0 Å². The fourth-order valence-corrected chi connectivity index (χ4v) is 7.75. The Kier molecular flexibility index (Phi) is 15.5. The summed E-state index contributed by atoms with van der Waals surface area (Å²) in [5.74, 6) is 0.388. The van der Waals surface area contributed by atoms with E-state index in [1.165, 1.54) is 50.0 Å². The first-order chi connectivity index (χ1) is 32.9. The van der Waals surface area contributed by atoms with E-state index in [0.717, 1.165) is 0 Å². The van der Waals surface area contributed by atoms with Gasteiger partial charge in [-0.1, -0.05) is 35.3 Å². The van der Waals surface area contributed by atoms with Crippen LogP contribution >= 0.6 is 23.2 Å². The number of methoxy groups -OCH3 is 2. The van der Waals surface area contributed by atoms with Crippen molar-refractivity contribution in [3.05, 3.63) is 95.0 Å². The molecule has 4 heterocycles. The van der Waals surface area contributed by atoms with Gasteiger partial charge in [-0.25, -0.2) is 43.1 Å². The number of amides is 3. The fourth-order valence-electron chi connectivity index (χ4n) is 7.40. The van der Waals surface area contributed by atoms with Crippen molar-refractivity contribution in [1.82, 2.24) is 40.0 Å². The van der Waals surface area contributed by atoms with Gasteiger partial charge in [0.2, 0.25) is 0 Å². The molecule has 22 heteroatoms. The molecule has 0 spiro atoms. The minimum atomic E-state index is -0.624. The smallest absolute Gasteiger partial charge is 0.415 e. The number of piperazine rings is 2. The highest BCUT2D eigenvalue weighted by atomic mass is 35.5. The fraction of sp³-hybridized carbons (Fsp3) is 0.340. The molecule has 2 fully saturated rings. The summed E-state index contributed by atoms with van der Waals surface area (Å²) in [7, 11) is 2.93. The molecule has 2 aliphatic rings. The van der Waals surface area contributed by atoms with Crippen LogP contribution in [0, 0.1) is 11.6 Å². The van der Waals surface area contributed by atoms with Crippen LogP contribution in [0.3, 0.4) is 0 Å². The molecule has 2 aromatic heterocycles. The van der Waals surface area contributed by atoms with Crippen molar-refractivity contribution in [3.8, 4) is 23.0 Å². The van der Waals surface area contributed by atoms with E-state index in [9.17, 15) is 23.2 Å². The maximum absolute atomic E-state index is 14.5. The van der Waals surface area contributed by atoms with E-state index < -0.39 is 35.5 Å². The van der Waals surface area contributed by atoms with Crippen LogP contribution in [0.5, 0.6) is 23.0 Å². The number of nitrogens with zero attached hydrogens (tertiary/aromatic N) is 7. The van der Waals surface area contributed by atoms with Gasteiger partial charge < -0.3 is 54.3 Å². The molecule has 8 rings (SSSR count). The van der Waals surface area contributed by atoms with Gasteiger partial charge >= 0.3 is 18.3 Å². The largest absolute Gasteiger partial charge is 0.493 e. The van der Waals surface area contributed by atoms with Crippen molar-refractivity contribution in [2.45, 2.75) is 52.3 Å². The van der Waals surface area contributed by atoms with Crippen LogP contribution in [0.15, 0.2) is 73.3 Å². The molecule has 4 aromatic carbocycles. The third-order valence-electron chi connectivity index (χ3n) is 10.9. The van der Waals surface area contributed by atoms with Gasteiger partial charge in [-0.05, 0) is 71.0 Å². The number of carbonyl (C=O) groups is 3. The number of halogens is 4. The van der Waals surface area contributed by atoms with Crippen LogP contribution in [0.1, 0.15) is 34.6 Å². The lowest BCUT2D eigenvalue weighted by Gasteiger charge is -2.39. The number of anilines is 4. The lowest BCUT2D eigenvalue weighted by Crippen LogP contribution is -2.56. The number of aromatic nitrogens is 4. The van der Waals surface area contributed by atoms with Gasteiger partial charge in [-0.2, -0.15) is 0 Å². The van der Waals surface area contributed by atoms with Crippen molar-refractivity contribution in [2.24, 2.45) is 0 Å². The van der Waals surface area contributed by atoms with Crippen LogP contribution in [0.25, 0.3) is 21.8 Å². The second-order valence-electron chi connectivity index (χ2n) is 16.9. The molecule has 0 aliphatic carbocycles. The highest BCUT2D eigenvalue weighted by molar-refractivity contribution is 6.31. The second kappa shape index (κ2) is 21.5. The molecular formula is C47H50Cl2F2N10O8. The van der Waals surface area contributed by atoms with Crippen LogP contribution < -0.4 is 34.9 Å². The summed E-state index contributed by atoms with van der Waals surface area (Å²) in [5, 5.41) is 10.0. The summed E-state index contributed by atoms with van der Waals surface area (Å²) in [6, 6.07) is 15.3. The van der Waals surface area contributed by atoms with Crippen molar-refractivity contribution in [1.29, 1.82) is 0 Å². The molecule has 364 valence electrons. The van der Waals surface area contributed by atoms with Crippen LogP contribution in [-0.2, 0) is 4.74 Å². The minimum absolute atomic E-state index is 0.000864. The Balaban J connectivity index is 0.000000208. The van der Waals surface area contributed by atoms with Crippen LogP contribution in [0.4, 0.5) is 46.2 Å². The van der Waals surface area contributed by atoms with Gasteiger partial charge in [-0.3, -0.25) is 0 Å². The summed E-state index contributed by atoms with van der Waals surface area (Å²) in [4.78, 5) is 60.0. The van der Waals surface area contributed by atoms with E-state index in [0.29, 0.717) is 66.1 Å². The minimum Gasteiger partial charge on any atom is -0.493 e. The maximum Gasteiger partial charge on any atom is 0.415 e. The monoisotopic (exact) mass is 990 g/mol. The summed E-state index contributed by atoms with van der Waals surface area (Å²) < 4.78 is 56.5. The molecule has 69 heavy (non-hydrogen) atoms. The Morgan fingerprint density at radius 2 is 1.17 bits per heavy atom. The average molecular weight is 992 g/mol. The second-order valence-corrected chi connectivity index (χ2v) is 17.7. The summed E-state index contributed by atoms with van der Waals surface area (Å²) in [6.45, 7) is 12.0. The number of hydrogen-bond donors (Lipinski definition) is 3. The number of fused-ring (bicyclic) bond motifs is 2. The zero-order chi connectivity index (χ0) is 49.6. The normalized spacial score (nSPS) is 16.0. The molecule has 2 saturated heterocycles. The highest BCUT2D eigenvalue weighted by Gasteiger charge is 2.34. The first-order valence-corrected chi connectivity index (χ1v) is 22.4.